The summed E-state index contributed by atoms with van der Waals surface area (Å²) in [4.78, 5) is 0. The lowest BCUT2D eigenvalue weighted by Crippen LogP contribution is -2.67. The molecule has 0 radical (unpaired) electrons. The second-order valence-corrected chi connectivity index (χ2v) is 10.2. The van der Waals surface area contributed by atoms with Crippen molar-refractivity contribution < 1.29 is 36.9 Å². The predicted molar refractivity (Wildman–Crippen MR) is 88.1 cm³/mol. The van der Waals surface area contributed by atoms with Gasteiger partial charge in [0.05, 0.1) is 6.10 Å². The van der Waals surface area contributed by atoms with E-state index in [2.05, 4.69) is 18.6 Å². The Morgan fingerprint density at radius 3 is 1.96 bits per heavy atom. The Labute approximate surface area is 160 Å². The highest BCUT2D eigenvalue weighted by Gasteiger charge is 2.87. The third-order valence-corrected chi connectivity index (χ3v) is 9.69. The highest BCUT2D eigenvalue weighted by molar-refractivity contribution is 5.23. The zero-order chi connectivity index (χ0) is 20.6. The average molecular weight is 410 g/mol. The van der Waals surface area contributed by atoms with Crippen molar-refractivity contribution in [2.24, 2.45) is 53.3 Å². The van der Waals surface area contributed by atoms with Crippen molar-refractivity contribution in [1.29, 1.82) is 0 Å². The molecule has 0 aromatic carbocycles. The first-order chi connectivity index (χ1) is 12.8. The van der Waals surface area contributed by atoms with Crippen LogP contribution in [0.5, 0.6) is 0 Å². The van der Waals surface area contributed by atoms with Gasteiger partial charge in [-0.15, -0.1) is 0 Å². The molecule has 160 valence electrons. The summed E-state index contributed by atoms with van der Waals surface area (Å²) in [6, 6.07) is 0. The van der Waals surface area contributed by atoms with E-state index in [4.69, 9.17) is 0 Å². The number of rotatable bonds is 1. The molecule has 2 N–H and O–H groups in total. The Morgan fingerprint density at radius 1 is 0.857 bits per heavy atom. The summed E-state index contributed by atoms with van der Waals surface area (Å²) in [5, 5.41) is 20.9. The summed E-state index contributed by atoms with van der Waals surface area (Å²) >= 11 is 0. The van der Waals surface area contributed by atoms with Crippen LogP contribution in [0.2, 0.25) is 0 Å². The van der Waals surface area contributed by atoms with Crippen molar-refractivity contribution in [3.8, 4) is 0 Å². The molecule has 5 fully saturated rings. The summed E-state index contributed by atoms with van der Waals surface area (Å²) in [5.74, 6) is -7.95. The molecule has 12 atom stereocenters. The zero-order valence-corrected chi connectivity index (χ0v) is 16.1. The fourth-order valence-corrected chi connectivity index (χ4v) is 8.46. The van der Waals surface area contributed by atoms with Crippen LogP contribution in [0.3, 0.4) is 0 Å². The molecule has 1 aliphatic heterocycles. The van der Waals surface area contributed by atoms with Gasteiger partial charge in [0.1, 0.15) is 0 Å². The molecule has 0 aromatic rings. The van der Waals surface area contributed by atoms with Crippen LogP contribution < -0.4 is 0 Å². The van der Waals surface area contributed by atoms with Crippen LogP contribution in [0.25, 0.3) is 0 Å². The quantitative estimate of drug-likeness (QED) is 0.510. The highest BCUT2D eigenvalue weighted by Crippen LogP contribution is 2.74. The van der Waals surface area contributed by atoms with E-state index in [1.165, 1.54) is 0 Å². The van der Waals surface area contributed by atoms with Gasteiger partial charge in [-0.2, -0.15) is 22.0 Å². The molecule has 8 heteroatoms. The molecule has 4 bridgehead atoms. The van der Waals surface area contributed by atoms with Gasteiger partial charge in [-0.25, -0.2) is 0 Å². The second-order valence-electron chi connectivity index (χ2n) is 10.2. The number of fused-ring (bicyclic) bond motifs is 9. The number of ether oxygens (including phenoxy) is 1. The monoisotopic (exact) mass is 410 g/mol. The molecule has 0 amide bonds. The van der Waals surface area contributed by atoms with Gasteiger partial charge < -0.3 is 14.9 Å². The van der Waals surface area contributed by atoms with Gasteiger partial charge >= 0.3 is 17.9 Å². The molecule has 28 heavy (non-hydrogen) atoms. The van der Waals surface area contributed by atoms with E-state index >= 15 is 8.78 Å². The second kappa shape index (κ2) is 5.22. The van der Waals surface area contributed by atoms with Gasteiger partial charge in [-0.05, 0) is 79.4 Å². The first kappa shape index (κ1) is 19.5. The van der Waals surface area contributed by atoms with Crippen LogP contribution in [0.1, 0.15) is 40.0 Å². The lowest BCUT2D eigenvalue weighted by molar-refractivity contribution is -0.413. The summed E-state index contributed by atoms with van der Waals surface area (Å²) in [6.07, 6.45) is -5.49. The summed E-state index contributed by atoms with van der Waals surface area (Å²) in [6.45, 7) is 5.44. The SMILES string of the molecule is CC1C(C)C2CC1C1C3CC(C21)C(C1(O)C(C)OC(O)(C(F)(F)F)C1(F)F)C3. The van der Waals surface area contributed by atoms with Crippen molar-refractivity contribution in [2.75, 3.05) is 0 Å². The first-order valence-electron chi connectivity index (χ1n) is 10.3. The Balaban J connectivity index is 1.51. The highest BCUT2D eigenvalue weighted by atomic mass is 19.4. The molecule has 1 heterocycles. The minimum atomic E-state index is -5.70. The Bertz CT molecular complexity index is 698. The van der Waals surface area contributed by atoms with Crippen molar-refractivity contribution in [3.05, 3.63) is 0 Å². The van der Waals surface area contributed by atoms with Gasteiger partial charge in [0.2, 0.25) is 0 Å². The molecule has 3 nitrogen and oxygen atoms in total. The molecule has 0 spiro atoms. The third kappa shape index (κ3) is 1.83. The van der Waals surface area contributed by atoms with Gasteiger partial charge in [-0.1, -0.05) is 13.8 Å². The smallest absolute Gasteiger partial charge is 0.380 e. The van der Waals surface area contributed by atoms with Crippen molar-refractivity contribution in [1.82, 2.24) is 0 Å². The van der Waals surface area contributed by atoms with Crippen molar-refractivity contribution in [2.45, 2.75) is 69.6 Å². The average Bonchev–Trinajstić information content (AvgIpc) is 3.33. The molecule has 12 unspecified atom stereocenters. The lowest BCUT2D eigenvalue weighted by atomic mass is 9.58. The van der Waals surface area contributed by atoms with Crippen LogP contribution in [0.4, 0.5) is 22.0 Å². The zero-order valence-electron chi connectivity index (χ0n) is 16.1. The molecule has 5 aliphatic rings. The fraction of sp³-hybridized carbons (Fsp3) is 1.00. The molecular weight excluding hydrogens is 383 g/mol. The van der Waals surface area contributed by atoms with E-state index in [1.807, 2.05) is 0 Å². The van der Waals surface area contributed by atoms with Crippen LogP contribution in [0, 0.1) is 53.3 Å². The molecular formula is C20H27F5O3. The van der Waals surface area contributed by atoms with Crippen LogP contribution >= 0.6 is 0 Å². The minimum absolute atomic E-state index is 0.163. The Kier molecular flexibility index (Phi) is 3.64. The van der Waals surface area contributed by atoms with Gasteiger partial charge in [0.15, 0.2) is 5.60 Å². The van der Waals surface area contributed by atoms with E-state index in [9.17, 15) is 23.4 Å². The number of aliphatic hydroxyl groups is 2. The fourth-order valence-electron chi connectivity index (χ4n) is 8.46. The van der Waals surface area contributed by atoms with Gasteiger partial charge in [0.25, 0.3) is 0 Å². The lowest BCUT2D eigenvalue weighted by Gasteiger charge is -2.49. The number of halogens is 5. The first-order valence-corrected chi connectivity index (χ1v) is 10.3. The topological polar surface area (TPSA) is 49.7 Å². The molecule has 5 rings (SSSR count). The number of hydrogen-bond donors (Lipinski definition) is 2. The van der Waals surface area contributed by atoms with Crippen LogP contribution in [0.15, 0.2) is 0 Å². The maximum atomic E-state index is 15.1. The van der Waals surface area contributed by atoms with Gasteiger partial charge in [0, 0.05) is 0 Å². The van der Waals surface area contributed by atoms with E-state index in [1.54, 1.807) is 0 Å². The summed E-state index contributed by atoms with van der Waals surface area (Å²) < 4.78 is 74.5. The molecule has 1 saturated heterocycles. The largest absolute Gasteiger partial charge is 0.449 e. The molecule has 0 aromatic heterocycles. The molecule has 4 aliphatic carbocycles. The van der Waals surface area contributed by atoms with Crippen molar-refractivity contribution in [3.63, 3.8) is 0 Å². The maximum absolute atomic E-state index is 15.1. The number of hydrogen-bond acceptors (Lipinski definition) is 3. The maximum Gasteiger partial charge on any atom is 0.449 e. The summed E-state index contributed by atoms with van der Waals surface area (Å²) in [7, 11) is 0. The van der Waals surface area contributed by atoms with Crippen LogP contribution in [-0.2, 0) is 4.74 Å². The van der Waals surface area contributed by atoms with Crippen LogP contribution in [-0.4, -0.2) is 39.8 Å². The van der Waals surface area contributed by atoms with Gasteiger partial charge in [-0.3, -0.25) is 0 Å². The van der Waals surface area contributed by atoms with E-state index in [-0.39, 0.29) is 24.2 Å². The third-order valence-electron chi connectivity index (χ3n) is 9.69. The Hall–Kier alpha value is -0.470. The molecule has 4 saturated carbocycles. The van der Waals surface area contributed by atoms with E-state index in [0.717, 1.165) is 13.3 Å². The minimum Gasteiger partial charge on any atom is -0.380 e. The van der Waals surface area contributed by atoms with Crippen molar-refractivity contribution >= 4 is 0 Å². The predicted octanol–water partition coefficient (Wildman–Crippen LogP) is 3.83. The standard InChI is InChI=1S/C20H27F5O3/c1-7-8(2)12-6-11(7)15-10-4-13(16(12)15)14(5-10)17(26)9(3)28-19(27,18(17,21)22)20(23,24)25/h7-16,26-27H,4-6H2,1-3H3. The van der Waals surface area contributed by atoms with E-state index < -0.39 is 35.5 Å². The Morgan fingerprint density at radius 2 is 1.43 bits per heavy atom. The number of alkyl halides is 5. The normalized spacial score (nSPS) is 61.9. The summed E-state index contributed by atoms with van der Waals surface area (Å²) in [5.41, 5.74) is -3.03. The van der Waals surface area contributed by atoms with E-state index in [0.29, 0.717) is 36.0 Å².